The lowest BCUT2D eigenvalue weighted by Gasteiger charge is -2.24. The van der Waals surface area contributed by atoms with Gasteiger partial charge < -0.3 is 0 Å². The summed E-state index contributed by atoms with van der Waals surface area (Å²) < 4.78 is 0. The number of hydrogen-bond donors (Lipinski definition) is 0. The van der Waals surface area contributed by atoms with Gasteiger partial charge in [0.25, 0.3) is 0 Å². The van der Waals surface area contributed by atoms with Crippen LogP contribution in [-0.2, 0) is 5.41 Å². The van der Waals surface area contributed by atoms with Crippen molar-refractivity contribution in [2.45, 2.75) is 19.3 Å². The molecule has 0 saturated heterocycles. The Bertz CT molecular complexity index is 2890. The average Bonchev–Trinajstić information content (AvgIpc) is 3.59. The third-order valence-corrected chi connectivity index (χ3v) is 11.5. The molecule has 9 aromatic rings. The first-order valence-corrected chi connectivity index (χ1v) is 17.4. The Morgan fingerprint density at radius 2 is 0.918 bits per heavy atom. The van der Waals surface area contributed by atoms with Gasteiger partial charge in [0.1, 0.15) is 0 Å². The van der Waals surface area contributed by atoms with Gasteiger partial charge in [0.2, 0.25) is 0 Å². The fraction of sp³-hybridized carbons (Fsp3) is 0.0612. The van der Waals surface area contributed by atoms with Crippen molar-refractivity contribution in [1.82, 2.24) is 0 Å². The van der Waals surface area contributed by atoms with E-state index in [1.165, 1.54) is 110 Å². The van der Waals surface area contributed by atoms with E-state index >= 15 is 0 Å². The number of hydrogen-bond acceptors (Lipinski definition) is 0. The van der Waals surface area contributed by atoms with Crippen molar-refractivity contribution in [2.75, 3.05) is 0 Å². The average molecular weight is 621 g/mol. The molecule has 49 heavy (non-hydrogen) atoms. The lowest BCUT2D eigenvalue weighted by atomic mass is 9.79. The molecule has 228 valence electrons. The molecule has 0 amide bonds. The third kappa shape index (κ3) is 3.53. The normalized spacial score (nSPS) is 13.7. The molecule has 0 unspecified atom stereocenters. The predicted octanol–water partition coefficient (Wildman–Crippen LogP) is 13.6. The quantitative estimate of drug-likeness (QED) is 0.133. The summed E-state index contributed by atoms with van der Waals surface area (Å²) in [6.07, 6.45) is 0. The SMILES string of the molecule is CC1(C)c2ccccc2-c2ccc(-c3c4c(c(-c5ccccc5)c5cc6ccccc6cc35)-c3cccc5c3c-4cc3ccccc35)cc21. The van der Waals surface area contributed by atoms with Crippen LogP contribution in [0.5, 0.6) is 0 Å². The topological polar surface area (TPSA) is 0 Å². The van der Waals surface area contributed by atoms with Crippen LogP contribution >= 0.6 is 0 Å². The molecule has 9 aromatic carbocycles. The zero-order chi connectivity index (χ0) is 32.4. The van der Waals surface area contributed by atoms with E-state index in [4.69, 9.17) is 0 Å². The third-order valence-electron chi connectivity index (χ3n) is 11.5. The first-order valence-electron chi connectivity index (χ1n) is 17.4. The first kappa shape index (κ1) is 27.0. The largest absolute Gasteiger partial charge is 0.0622 e. The second kappa shape index (κ2) is 9.56. The Kier molecular flexibility index (Phi) is 5.27. The molecule has 0 heterocycles. The number of rotatable bonds is 2. The fourth-order valence-corrected chi connectivity index (χ4v) is 9.34. The van der Waals surface area contributed by atoms with Gasteiger partial charge in [-0.25, -0.2) is 0 Å². The minimum Gasteiger partial charge on any atom is -0.0622 e. The molecule has 0 heteroatoms. The van der Waals surface area contributed by atoms with Crippen LogP contribution in [0.3, 0.4) is 0 Å². The van der Waals surface area contributed by atoms with Crippen LogP contribution in [0.2, 0.25) is 0 Å². The van der Waals surface area contributed by atoms with Gasteiger partial charge in [-0.05, 0) is 134 Å². The summed E-state index contributed by atoms with van der Waals surface area (Å²) in [5, 5.41) is 10.4. The van der Waals surface area contributed by atoms with E-state index in [2.05, 4.69) is 172 Å². The number of fused-ring (bicyclic) bond motifs is 10. The highest BCUT2D eigenvalue weighted by Crippen LogP contribution is 2.59. The maximum Gasteiger partial charge on any atom is 0.0159 e. The Labute approximate surface area is 285 Å². The van der Waals surface area contributed by atoms with E-state index in [9.17, 15) is 0 Å². The summed E-state index contributed by atoms with van der Waals surface area (Å²) in [7, 11) is 0. The van der Waals surface area contributed by atoms with Gasteiger partial charge in [0, 0.05) is 5.41 Å². The van der Waals surface area contributed by atoms with Crippen molar-refractivity contribution >= 4 is 43.1 Å². The van der Waals surface area contributed by atoms with Crippen LogP contribution in [0.25, 0.3) is 98.7 Å². The summed E-state index contributed by atoms with van der Waals surface area (Å²) >= 11 is 0. The molecule has 0 radical (unpaired) electrons. The molecule has 0 saturated carbocycles. The summed E-state index contributed by atoms with van der Waals surface area (Å²) in [6, 6.07) is 59.4. The maximum absolute atomic E-state index is 2.52. The van der Waals surface area contributed by atoms with E-state index in [0.29, 0.717) is 0 Å². The predicted molar refractivity (Wildman–Crippen MR) is 209 cm³/mol. The standard InChI is InChI=1S/C49H32/c1-49(2)42-22-11-10-19-35(42)36-24-23-33(28-43(36)49)45-40-26-31-16-7-6-15-30(31)25-39(40)44(29-13-4-3-5-14-29)47-38-21-12-20-37-34-18-9-8-17-32(34)27-41(46(37)38)48(45)47/h3-28H,1-2H3. The van der Waals surface area contributed by atoms with Gasteiger partial charge in [0.15, 0.2) is 0 Å². The Morgan fingerprint density at radius 3 is 1.71 bits per heavy atom. The highest BCUT2D eigenvalue weighted by molar-refractivity contribution is 6.31. The molecule has 2 aliphatic rings. The zero-order valence-corrected chi connectivity index (χ0v) is 27.5. The van der Waals surface area contributed by atoms with E-state index < -0.39 is 0 Å². The van der Waals surface area contributed by atoms with Gasteiger partial charge >= 0.3 is 0 Å². The smallest absolute Gasteiger partial charge is 0.0159 e. The van der Waals surface area contributed by atoms with E-state index in [1.807, 2.05) is 0 Å². The van der Waals surface area contributed by atoms with Crippen LogP contribution in [-0.4, -0.2) is 0 Å². The molecule has 0 spiro atoms. The van der Waals surface area contributed by atoms with Crippen molar-refractivity contribution in [3.63, 3.8) is 0 Å². The fourth-order valence-electron chi connectivity index (χ4n) is 9.34. The van der Waals surface area contributed by atoms with Crippen molar-refractivity contribution < 1.29 is 0 Å². The van der Waals surface area contributed by atoms with Crippen LogP contribution in [0.4, 0.5) is 0 Å². The minimum atomic E-state index is -0.0865. The number of benzene rings is 9. The highest BCUT2D eigenvalue weighted by atomic mass is 14.4. The van der Waals surface area contributed by atoms with Gasteiger partial charge in [-0.1, -0.05) is 147 Å². The Hall–Kier alpha value is -5.98. The van der Waals surface area contributed by atoms with Crippen molar-refractivity contribution in [1.29, 1.82) is 0 Å². The molecule has 11 rings (SSSR count). The van der Waals surface area contributed by atoms with Crippen molar-refractivity contribution in [3.8, 4) is 55.6 Å². The van der Waals surface area contributed by atoms with E-state index in [0.717, 1.165) is 0 Å². The molecular weight excluding hydrogens is 589 g/mol. The van der Waals surface area contributed by atoms with Crippen LogP contribution < -0.4 is 0 Å². The summed E-state index contributed by atoms with van der Waals surface area (Å²) in [5.41, 5.74) is 16.0. The second-order valence-electron chi connectivity index (χ2n) is 14.4. The summed E-state index contributed by atoms with van der Waals surface area (Å²) in [4.78, 5) is 0. The lowest BCUT2D eigenvalue weighted by molar-refractivity contribution is 0.660. The van der Waals surface area contributed by atoms with Crippen molar-refractivity contribution in [2.24, 2.45) is 0 Å². The molecule has 0 fully saturated rings. The maximum atomic E-state index is 2.52. The highest BCUT2D eigenvalue weighted by Gasteiger charge is 2.37. The molecule has 0 aromatic heterocycles. The van der Waals surface area contributed by atoms with E-state index in [1.54, 1.807) is 0 Å². The molecule has 0 aliphatic heterocycles. The molecule has 2 aliphatic carbocycles. The first-order chi connectivity index (χ1) is 24.1. The van der Waals surface area contributed by atoms with Crippen LogP contribution in [0.1, 0.15) is 25.0 Å². The van der Waals surface area contributed by atoms with Crippen LogP contribution in [0.15, 0.2) is 158 Å². The summed E-state index contributed by atoms with van der Waals surface area (Å²) in [6.45, 7) is 4.78. The summed E-state index contributed by atoms with van der Waals surface area (Å²) in [5.74, 6) is 0. The molecule has 0 nitrogen and oxygen atoms in total. The Morgan fingerprint density at radius 1 is 0.327 bits per heavy atom. The van der Waals surface area contributed by atoms with Gasteiger partial charge in [-0.3, -0.25) is 0 Å². The molecule has 0 N–H and O–H groups in total. The Balaban J connectivity index is 1.36. The second-order valence-corrected chi connectivity index (χ2v) is 14.4. The zero-order valence-electron chi connectivity index (χ0n) is 27.5. The van der Waals surface area contributed by atoms with Crippen LogP contribution in [0, 0.1) is 0 Å². The van der Waals surface area contributed by atoms with Gasteiger partial charge in [0.05, 0.1) is 0 Å². The van der Waals surface area contributed by atoms with E-state index in [-0.39, 0.29) is 5.41 Å². The molecule has 0 bridgehead atoms. The minimum absolute atomic E-state index is 0.0865. The monoisotopic (exact) mass is 620 g/mol. The lowest BCUT2D eigenvalue weighted by Crippen LogP contribution is -2.14. The molecular formula is C49H32. The van der Waals surface area contributed by atoms with Gasteiger partial charge in [-0.2, -0.15) is 0 Å². The molecule has 0 atom stereocenters. The van der Waals surface area contributed by atoms with Gasteiger partial charge in [-0.15, -0.1) is 0 Å². The van der Waals surface area contributed by atoms with Crippen molar-refractivity contribution in [3.05, 3.63) is 169 Å².